The van der Waals surface area contributed by atoms with Crippen LogP contribution in [-0.2, 0) is 17.6 Å². The minimum absolute atomic E-state index is 0.0453. The first-order valence-electron chi connectivity index (χ1n) is 9.81. The molecule has 5 nitrogen and oxygen atoms in total. The van der Waals surface area contributed by atoms with Crippen molar-refractivity contribution in [2.75, 3.05) is 36.4 Å². The maximum atomic E-state index is 12.7. The molecule has 0 spiro atoms. The molecule has 5 heteroatoms. The summed E-state index contributed by atoms with van der Waals surface area (Å²) in [5, 5.41) is 13.1. The molecule has 2 N–H and O–H groups in total. The van der Waals surface area contributed by atoms with Crippen molar-refractivity contribution in [2.45, 2.75) is 32.2 Å². The van der Waals surface area contributed by atoms with Gasteiger partial charge < -0.3 is 15.3 Å². The van der Waals surface area contributed by atoms with E-state index in [1.807, 2.05) is 31.2 Å². The zero-order valence-corrected chi connectivity index (χ0v) is 15.8. The number of piperazine rings is 1. The second-order valence-corrected chi connectivity index (χ2v) is 7.51. The molecule has 1 aliphatic carbocycles. The number of nitrogens with one attached hydrogen (secondary N) is 1. The van der Waals surface area contributed by atoms with Crippen molar-refractivity contribution in [2.24, 2.45) is 0 Å². The minimum atomic E-state index is -0.176. The molecule has 1 atom stereocenters. The third-order valence-electron chi connectivity index (χ3n) is 5.83. The van der Waals surface area contributed by atoms with Crippen LogP contribution < -0.4 is 10.2 Å². The average molecular weight is 365 g/mol. The number of benzene rings is 2. The smallest absolute Gasteiger partial charge is 0.241 e. The number of para-hydroxylation sites is 2. The van der Waals surface area contributed by atoms with Gasteiger partial charge >= 0.3 is 0 Å². The number of hydrogen-bond donors (Lipinski definition) is 2. The average Bonchev–Trinajstić information content (AvgIpc) is 3.16. The molecule has 2 aromatic rings. The van der Waals surface area contributed by atoms with Crippen molar-refractivity contribution in [3.8, 4) is 5.75 Å². The van der Waals surface area contributed by atoms with E-state index in [2.05, 4.69) is 27.2 Å². The molecule has 142 valence electrons. The second kappa shape index (κ2) is 7.61. The summed E-state index contributed by atoms with van der Waals surface area (Å²) < 4.78 is 0. The molecule has 1 amide bonds. The topological polar surface area (TPSA) is 55.8 Å². The number of aryl methyl sites for hydroxylation is 2. The van der Waals surface area contributed by atoms with Gasteiger partial charge in [0.2, 0.25) is 5.91 Å². The lowest BCUT2D eigenvalue weighted by Gasteiger charge is -2.38. The Hall–Kier alpha value is -2.53. The van der Waals surface area contributed by atoms with Crippen molar-refractivity contribution in [3.05, 3.63) is 53.6 Å². The SMILES string of the molecule is C[C@@H](C(=O)Nc1ccc2c(c1)CCC2)N1CCN(c2ccccc2O)CC1. The van der Waals surface area contributed by atoms with Crippen LogP contribution in [0.2, 0.25) is 0 Å². The largest absolute Gasteiger partial charge is 0.506 e. The van der Waals surface area contributed by atoms with Crippen molar-refractivity contribution >= 4 is 17.3 Å². The molecule has 27 heavy (non-hydrogen) atoms. The van der Waals surface area contributed by atoms with Gasteiger partial charge in [0.1, 0.15) is 5.75 Å². The standard InChI is InChI=1S/C22H27N3O2/c1-16(22(27)23-19-10-9-17-5-4-6-18(17)15-19)24-11-13-25(14-12-24)20-7-2-3-8-21(20)26/h2-3,7-10,15-16,26H,4-6,11-14H2,1H3,(H,23,27)/t16-/m0/s1. The molecule has 0 aromatic heterocycles. The molecule has 1 fully saturated rings. The second-order valence-electron chi connectivity index (χ2n) is 7.51. The number of carbonyl (C=O) groups is 1. The zero-order chi connectivity index (χ0) is 18.8. The Balaban J connectivity index is 1.34. The highest BCUT2D eigenvalue weighted by Crippen LogP contribution is 2.28. The lowest BCUT2D eigenvalue weighted by molar-refractivity contribution is -0.120. The molecular weight excluding hydrogens is 338 g/mol. The van der Waals surface area contributed by atoms with E-state index in [0.717, 1.165) is 50.4 Å². The number of phenols is 1. The number of phenolic OH excluding ortho intramolecular Hbond substituents is 1. The third-order valence-corrected chi connectivity index (χ3v) is 5.83. The normalized spacial score (nSPS) is 18.2. The Morgan fingerprint density at radius 3 is 2.56 bits per heavy atom. The summed E-state index contributed by atoms with van der Waals surface area (Å²) in [5.41, 5.74) is 4.56. The predicted octanol–water partition coefficient (Wildman–Crippen LogP) is 3.03. The summed E-state index contributed by atoms with van der Waals surface area (Å²) in [6.07, 6.45) is 3.48. The van der Waals surface area contributed by atoms with Gasteiger partial charge in [-0.1, -0.05) is 18.2 Å². The van der Waals surface area contributed by atoms with Crippen molar-refractivity contribution < 1.29 is 9.90 Å². The first kappa shape index (κ1) is 17.9. The van der Waals surface area contributed by atoms with Crippen LogP contribution in [0, 0.1) is 0 Å². The van der Waals surface area contributed by atoms with Crippen molar-refractivity contribution in [3.63, 3.8) is 0 Å². The van der Waals surface area contributed by atoms with E-state index in [-0.39, 0.29) is 11.9 Å². The van der Waals surface area contributed by atoms with Gasteiger partial charge in [-0.3, -0.25) is 9.69 Å². The molecule has 0 radical (unpaired) electrons. The minimum Gasteiger partial charge on any atom is -0.506 e. The van der Waals surface area contributed by atoms with Crippen molar-refractivity contribution in [1.29, 1.82) is 0 Å². The summed E-state index contributed by atoms with van der Waals surface area (Å²) in [7, 11) is 0. The predicted molar refractivity (Wildman–Crippen MR) is 108 cm³/mol. The maximum absolute atomic E-state index is 12.7. The Morgan fingerprint density at radius 1 is 1.04 bits per heavy atom. The van der Waals surface area contributed by atoms with Crippen LogP contribution in [0.5, 0.6) is 5.75 Å². The fourth-order valence-electron chi connectivity index (χ4n) is 4.14. The van der Waals surface area contributed by atoms with Gasteiger partial charge in [0.15, 0.2) is 0 Å². The first-order valence-corrected chi connectivity index (χ1v) is 9.81. The number of hydrogen-bond acceptors (Lipinski definition) is 4. The van der Waals surface area contributed by atoms with Crippen LogP contribution in [0.25, 0.3) is 0 Å². The van der Waals surface area contributed by atoms with Gasteiger partial charge in [-0.25, -0.2) is 0 Å². The first-order chi connectivity index (χ1) is 13.1. The molecular formula is C22H27N3O2. The van der Waals surface area contributed by atoms with E-state index in [0.29, 0.717) is 5.75 Å². The molecule has 2 aliphatic rings. The Labute approximate surface area is 160 Å². The molecule has 2 aromatic carbocycles. The Kier molecular flexibility index (Phi) is 5.03. The fraction of sp³-hybridized carbons (Fsp3) is 0.409. The van der Waals surface area contributed by atoms with Gasteiger partial charge in [0, 0.05) is 31.9 Å². The molecule has 0 saturated carbocycles. The highest BCUT2D eigenvalue weighted by atomic mass is 16.3. The van der Waals surface area contributed by atoms with E-state index in [9.17, 15) is 9.90 Å². The van der Waals surface area contributed by atoms with Crippen LogP contribution >= 0.6 is 0 Å². The lowest BCUT2D eigenvalue weighted by Crippen LogP contribution is -2.52. The van der Waals surface area contributed by atoms with Gasteiger partial charge in [0.25, 0.3) is 0 Å². The quantitative estimate of drug-likeness (QED) is 0.874. The van der Waals surface area contributed by atoms with Crippen LogP contribution in [0.15, 0.2) is 42.5 Å². The number of nitrogens with zero attached hydrogens (tertiary/aromatic N) is 2. The summed E-state index contributed by atoms with van der Waals surface area (Å²) in [6.45, 7) is 5.17. The number of rotatable bonds is 4. The summed E-state index contributed by atoms with van der Waals surface area (Å²) in [6, 6.07) is 13.5. The summed E-state index contributed by atoms with van der Waals surface area (Å²) in [5.74, 6) is 0.359. The van der Waals surface area contributed by atoms with E-state index >= 15 is 0 Å². The van der Waals surface area contributed by atoms with Gasteiger partial charge in [0.05, 0.1) is 11.7 Å². The van der Waals surface area contributed by atoms with E-state index < -0.39 is 0 Å². The number of carbonyl (C=O) groups excluding carboxylic acids is 1. The van der Waals surface area contributed by atoms with Crippen LogP contribution in [0.3, 0.4) is 0 Å². The molecule has 0 unspecified atom stereocenters. The zero-order valence-electron chi connectivity index (χ0n) is 15.8. The lowest BCUT2D eigenvalue weighted by atomic mass is 10.1. The van der Waals surface area contributed by atoms with Gasteiger partial charge in [-0.15, -0.1) is 0 Å². The molecule has 1 aliphatic heterocycles. The van der Waals surface area contributed by atoms with E-state index in [1.165, 1.54) is 17.5 Å². The van der Waals surface area contributed by atoms with Gasteiger partial charge in [-0.05, 0) is 61.6 Å². The van der Waals surface area contributed by atoms with E-state index in [4.69, 9.17) is 0 Å². The molecule has 1 heterocycles. The Morgan fingerprint density at radius 2 is 1.78 bits per heavy atom. The van der Waals surface area contributed by atoms with Crippen molar-refractivity contribution in [1.82, 2.24) is 4.90 Å². The summed E-state index contributed by atoms with van der Waals surface area (Å²) in [4.78, 5) is 17.1. The Bertz CT molecular complexity index is 828. The van der Waals surface area contributed by atoms with E-state index in [1.54, 1.807) is 6.07 Å². The number of fused-ring (bicyclic) bond motifs is 1. The number of anilines is 2. The van der Waals surface area contributed by atoms with Crippen LogP contribution in [0.4, 0.5) is 11.4 Å². The van der Waals surface area contributed by atoms with Crippen LogP contribution in [-0.4, -0.2) is 48.1 Å². The third kappa shape index (κ3) is 3.78. The fourth-order valence-corrected chi connectivity index (χ4v) is 4.14. The highest BCUT2D eigenvalue weighted by molar-refractivity contribution is 5.94. The van der Waals surface area contributed by atoms with Crippen LogP contribution in [0.1, 0.15) is 24.5 Å². The number of aromatic hydroxyl groups is 1. The maximum Gasteiger partial charge on any atom is 0.241 e. The monoisotopic (exact) mass is 365 g/mol. The molecule has 1 saturated heterocycles. The molecule has 0 bridgehead atoms. The number of amides is 1. The molecule has 4 rings (SSSR count). The highest BCUT2D eigenvalue weighted by Gasteiger charge is 2.26. The van der Waals surface area contributed by atoms with Gasteiger partial charge in [-0.2, -0.15) is 0 Å². The summed E-state index contributed by atoms with van der Waals surface area (Å²) >= 11 is 0.